The first kappa shape index (κ1) is 33.3. The summed E-state index contributed by atoms with van der Waals surface area (Å²) in [5, 5.41) is 15.2. The smallest absolute Gasteiger partial charge is 0.270 e. The van der Waals surface area contributed by atoms with Gasteiger partial charge in [-0.15, -0.1) is 23.1 Å². The molecule has 0 radical (unpaired) electrons. The van der Waals surface area contributed by atoms with Crippen LogP contribution in [0.3, 0.4) is 0 Å². The number of rotatable bonds is 18. The number of methoxy groups -OCH3 is 1. The van der Waals surface area contributed by atoms with Crippen molar-refractivity contribution in [2.24, 2.45) is 0 Å². The molecule has 2 amide bonds. The summed E-state index contributed by atoms with van der Waals surface area (Å²) in [6.45, 7) is 0.302. The van der Waals surface area contributed by atoms with Crippen molar-refractivity contribution in [2.45, 2.75) is 60.0 Å². The van der Waals surface area contributed by atoms with Crippen molar-refractivity contribution in [3.63, 3.8) is 0 Å². The van der Waals surface area contributed by atoms with Crippen molar-refractivity contribution in [3.8, 4) is 5.88 Å². The van der Waals surface area contributed by atoms with Crippen LogP contribution in [-0.2, 0) is 14.9 Å². The molecule has 2 aromatic rings. The van der Waals surface area contributed by atoms with Gasteiger partial charge in [0.2, 0.25) is 11.8 Å². The zero-order valence-corrected chi connectivity index (χ0v) is 25.9. The Bertz CT molecular complexity index is 1270. The van der Waals surface area contributed by atoms with Gasteiger partial charge in [-0.25, -0.2) is 15.0 Å². The van der Waals surface area contributed by atoms with Crippen LogP contribution in [0.5, 0.6) is 5.88 Å². The first-order valence-corrected chi connectivity index (χ1v) is 17.6. The lowest BCUT2D eigenvalue weighted by Crippen LogP contribution is -2.33. The average molecular weight is 646 g/mol. The molecule has 1 fully saturated rings. The highest BCUT2D eigenvalue weighted by Crippen LogP contribution is 2.26. The third kappa shape index (κ3) is 11.9. The van der Waals surface area contributed by atoms with Crippen LogP contribution in [0.15, 0.2) is 39.3 Å². The Labute approximate surface area is 252 Å². The summed E-state index contributed by atoms with van der Waals surface area (Å²) < 4.78 is 36.1. The second kappa shape index (κ2) is 17.0. The third-order valence-electron chi connectivity index (χ3n) is 6.06. The number of amides is 2. The van der Waals surface area contributed by atoms with E-state index in [1.165, 1.54) is 23.1 Å². The van der Waals surface area contributed by atoms with E-state index in [2.05, 4.69) is 20.3 Å². The molecule has 0 bridgehead atoms. The summed E-state index contributed by atoms with van der Waals surface area (Å²) in [6.07, 6.45) is 11.1. The summed E-state index contributed by atoms with van der Waals surface area (Å²) in [5.74, 6) is 1.01. The number of thioether (sulfide) groups is 2. The Hall–Kier alpha value is -2.24. The fraction of sp³-hybridized carbons (Fsp3) is 0.560. The van der Waals surface area contributed by atoms with Crippen molar-refractivity contribution in [3.05, 3.63) is 35.6 Å². The predicted octanol–water partition coefficient (Wildman–Crippen LogP) is 2.91. The molecule has 1 saturated heterocycles. The third-order valence-corrected chi connectivity index (χ3v) is 9.83. The van der Waals surface area contributed by atoms with Crippen molar-refractivity contribution >= 4 is 56.8 Å². The number of unbranched alkanes of at least 4 members (excludes halogenated alkanes) is 2. The molecule has 2 atom stereocenters. The molecule has 41 heavy (non-hydrogen) atoms. The molecule has 226 valence electrons. The number of thiazole rings is 1. The van der Waals surface area contributed by atoms with Crippen LogP contribution in [-0.4, -0.2) is 99.3 Å². The van der Waals surface area contributed by atoms with E-state index in [4.69, 9.17) is 9.29 Å². The normalized spacial score (nSPS) is 16.4. The highest BCUT2D eigenvalue weighted by atomic mass is 32.2. The molecule has 0 aromatic carbocycles. The number of carbonyl (C=O) groups is 2. The van der Waals surface area contributed by atoms with E-state index < -0.39 is 27.9 Å². The van der Waals surface area contributed by atoms with Gasteiger partial charge in [0.25, 0.3) is 16.0 Å². The van der Waals surface area contributed by atoms with Gasteiger partial charge in [-0.3, -0.25) is 14.1 Å². The number of hydrogen-bond donors (Lipinski definition) is 3. The number of likely N-dealkylation sites (tertiary alicyclic amines) is 1. The molecule has 16 heteroatoms. The highest BCUT2D eigenvalue weighted by Gasteiger charge is 2.28. The summed E-state index contributed by atoms with van der Waals surface area (Å²) in [5.41, 5.74) is 0.171. The maximum absolute atomic E-state index is 12.4. The number of aliphatic hydroxyl groups is 1. The van der Waals surface area contributed by atoms with Gasteiger partial charge in [0.15, 0.2) is 9.37 Å². The van der Waals surface area contributed by atoms with Gasteiger partial charge in [0.1, 0.15) is 5.69 Å². The Morgan fingerprint density at radius 3 is 2.85 bits per heavy atom. The van der Waals surface area contributed by atoms with Gasteiger partial charge in [-0.05, 0) is 25.0 Å². The lowest BCUT2D eigenvalue weighted by atomic mass is 10.1. The topological polar surface area (TPSA) is 172 Å². The van der Waals surface area contributed by atoms with Crippen LogP contribution >= 0.6 is 34.9 Å². The van der Waals surface area contributed by atoms with Crippen molar-refractivity contribution in [1.29, 1.82) is 0 Å². The Morgan fingerprint density at radius 2 is 2.07 bits per heavy atom. The van der Waals surface area contributed by atoms with Gasteiger partial charge in [0.05, 0.1) is 25.0 Å². The maximum atomic E-state index is 12.4. The van der Waals surface area contributed by atoms with E-state index in [1.807, 2.05) is 11.0 Å². The summed E-state index contributed by atoms with van der Waals surface area (Å²) in [4.78, 5) is 39.0. The zero-order valence-electron chi connectivity index (χ0n) is 22.7. The second-order valence-electron chi connectivity index (χ2n) is 9.10. The first-order valence-electron chi connectivity index (χ1n) is 13.1. The molecule has 0 unspecified atom stereocenters. The SMILES string of the molecule is COc1nccnc1SCCCCC[C@H](O)/C=C/[C@H]1CCC(=O)N1CCSc1nc(C(=O)NCCS(=O)(=O)O)cs1. The number of aliphatic hydroxyl groups excluding tert-OH is 1. The molecular weight excluding hydrogens is 611 g/mol. The van der Waals surface area contributed by atoms with Gasteiger partial charge < -0.3 is 20.1 Å². The molecule has 1 aliphatic heterocycles. The maximum Gasteiger partial charge on any atom is 0.270 e. The molecule has 1 aliphatic rings. The minimum atomic E-state index is -4.15. The largest absolute Gasteiger partial charge is 0.479 e. The monoisotopic (exact) mass is 645 g/mol. The van der Waals surface area contributed by atoms with Crippen molar-refractivity contribution in [2.75, 3.05) is 37.5 Å². The van der Waals surface area contributed by atoms with Gasteiger partial charge in [-0.1, -0.05) is 36.8 Å². The Kier molecular flexibility index (Phi) is 13.8. The van der Waals surface area contributed by atoms with E-state index in [9.17, 15) is 23.1 Å². The number of aromatic nitrogens is 3. The number of nitrogens with zero attached hydrogens (tertiary/aromatic N) is 4. The van der Waals surface area contributed by atoms with Crippen LogP contribution in [0.2, 0.25) is 0 Å². The lowest BCUT2D eigenvalue weighted by molar-refractivity contribution is -0.128. The van der Waals surface area contributed by atoms with Crippen LogP contribution in [0.25, 0.3) is 0 Å². The fourth-order valence-electron chi connectivity index (χ4n) is 4.00. The quantitative estimate of drug-likeness (QED) is 0.0938. The first-order chi connectivity index (χ1) is 19.7. The summed E-state index contributed by atoms with van der Waals surface area (Å²) in [6, 6.07) is -0.0588. The van der Waals surface area contributed by atoms with E-state index >= 15 is 0 Å². The molecule has 3 rings (SSSR count). The minimum absolute atomic E-state index is 0.0588. The molecule has 0 spiro atoms. The van der Waals surface area contributed by atoms with Crippen LogP contribution in [0, 0.1) is 0 Å². The van der Waals surface area contributed by atoms with Crippen LogP contribution in [0.4, 0.5) is 0 Å². The molecule has 2 aromatic heterocycles. The van der Waals surface area contributed by atoms with E-state index in [0.717, 1.165) is 30.0 Å². The summed E-state index contributed by atoms with van der Waals surface area (Å²) >= 11 is 4.32. The molecule has 12 nitrogen and oxygen atoms in total. The lowest BCUT2D eigenvalue weighted by Gasteiger charge is -2.22. The molecule has 0 aliphatic carbocycles. The van der Waals surface area contributed by atoms with Crippen LogP contribution in [0.1, 0.15) is 49.0 Å². The fourth-order valence-corrected chi connectivity index (χ4v) is 7.11. The van der Waals surface area contributed by atoms with Gasteiger partial charge >= 0.3 is 0 Å². The van der Waals surface area contributed by atoms with E-state index in [0.29, 0.717) is 41.8 Å². The van der Waals surface area contributed by atoms with Crippen LogP contribution < -0.4 is 10.1 Å². The second-order valence-corrected chi connectivity index (χ2v) is 14.0. The molecule has 0 saturated carbocycles. The van der Waals surface area contributed by atoms with Gasteiger partial charge in [-0.2, -0.15) is 8.42 Å². The standard InChI is InChI=1S/C25H35N5O7S4/c1-37-23-24(28-11-10-27-23)38-14-4-2-3-5-19(31)8-6-18-7-9-21(32)30(18)13-15-39-25-29-20(17-40-25)22(33)26-12-16-41(34,35)36/h6,8,10-11,17-19,31H,2-5,7,9,12-16H2,1H3,(H,26,33)(H,34,35,36)/b8-6+/t18-,19-/m0/s1. The average Bonchev–Trinajstić information content (AvgIpc) is 3.55. The van der Waals surface area contributed by atoms with Crippen molar-refractivity contribution in [1.82, 2.24) is 25.2 Å². The van der Waals surface area contributed by atoms with E-state index in [-0.39, 0.29) is 24.2 Å². The molecule has 3 heterocycles. The van der Waals surface area contributed by atoms with Crippen molar-refractivity contribution < 1.29 is 32.4 Å². The highest BCUT2D eigenvalue weighted by molar-refractivity contribution is 8.01. The summed E-state index contributed by atoms with van der Waals surface area (Å²) in [7, 11) is -2.57. The predicted molar refractivity (Wildman–Crippen MR) is 159 cm³/mol. The van der Waals surface area contributed by atoms with Gasteiger partial charge in [0, 0.05) is 43.0 Å². The Morgan fingerprint density at radius 1 is 1.27 bits per heavy atom. The number of hydrogen-bond acceptors (Lipinski definition) is 12. The zero-order chi connectivity index (χ0) is 29.7. The Balaban J connectivity index is 1.33. The number of nitrogens with one attached hydrogen (secondary N) is 1. The van der Waals surface area contributed by atoms with E-state index in [1.54, 1.807) is 42.7 Å². The minimum Gasteiger partial charge on any atom is -0.479 e. The number of carbonyl (C=O) groups excluding carboxylic acids is 2. The number of ether oxygens (including phenoxy) is 1. The molecule has 3 N–H and O–H groups in total. The molecular formula is C25H35N5O7S4.